The lowest BCUT2D eigenvalue weighted by Gasteiger charge is -2.13. The predicted molar refractivity (Wildman–Crippen MR) is 88.9 cm³/mol. The lowest BCUT2D eigenvalue weighted by Crippen LogP contribution is -2.30. The highest BCUT2D eigenvalue weighted by Crippen LogP contribution is 2.13. The summed E-state index contributed by atoms with van der Waals surface area (Å²) in [6.45, 7) is 6.43. The second kappa shape index (κ2) is 9.37. The molecule has 0 saturated carbocycles. The first-order valence-electron chi connectivity index (χ1n) is 7.18. The van der Waals surface area contributed by atoms with E-state index in [9.17, 15) is 0 Å². The molecule has 2 aromatic rings. The lowest BCUT2D eigenvalue weighted by atomic mass is 10.1. The molecule has 21 heavy (non-hydrogen) atoms. The van der Waals surface area contributed by atoms with Crippen LogP contribution in [0.25, 0.3) is 0 Å². The topological polar surface area (TPSA) is 48.1 Å². The van der Waals surface area contributed by atoms with Crippen molar-refractivity contribution in [3.8, 4) is 5.75 Å². The van der Waals surface area contributed by atoms with Crippen molar-refractivity contribution in [2.75, 3.05) is 6.61 Å². The zero-order valence-corrected chi connectivity index (χ0v) is 13.6. The van der Waals surface area contributed by atoms with Gasteiger partial charge >= 0.3 is 0 Å². The van der Waals surface area contributed by atoms with E-state index in [2.05, 4.69) is 4.98 Å². The van der Waals surface area contributed by atoms with Crippen LogP contribution in [0.5, 0.6) is 5.75 Å². The molecule has 0 bridgehead atoms. The number of ether oxygens (including phenoxy) is 1. The van der Waals surface area contributed by atoms with Gasteiger partial charge in [-0.25, -0.2) is 0 Å². The first-order chi connectivity index (χ1) is 10.1. The standard InChI is InChI=1S/C15H17ClN2O.C2H6/c1-11-5-15(9-18-8-11)19-10-14(17)7-12-3-2-4-13(16)6-12;1-2/h2-6,8-9,14H,7,10,17H2,1H3;1-2H3. The highest BCUT2D eigenvalue weighted by atomic mass is 35.5. The van der Waals surface area contributed by atoms with E-state index in [1.54, 1.807) is 12.4 Å². The first kappa shape index (κ1) is 17.5. The maximum absolute atomic E-state index is 6.05. The number of halogens is 1. The molecular weight excluding hydrogens is 284 g/mol. The van der Waals surface area contributed by atoms with Gasteiger partial charge < -0.3 is 10.5 Å². The average molecular weight is 307 g/mol. The van der Waals surface area contributed by atoms with E-state index < -0.39 is 0 Å². The van der Waals surface area contributed by atoms with Gasteiger partial charge in [0.15, 0.2) is 0 Å². The molecule has 0 saturated heterocycles. The maximum atomic E-state index is 6.05. The third-order valence-corrected chi connectivity index (χ3v) is 2.94. The predicted octanol–water partition coefficient (Wildman–Crippen LogP) is 4.02. The zero-order chi connectivity index (χ0) is 15.7. The van der Waals surface area contributed by atoms with E-state index >= 15 is 0 Å². The second-order valence-electron chi connectivity index (χ2n) is 4.60. The Morgan fingerprint density at radius 1 is 1.24 bits per heavy atom. The summed E-state index contributed by atoms with van der Waals surface area (Å²) in [6.07, 6.45) is 4.22. The number of pyridine rings is 1. The van der Waals surface area contributed by atoms with E-state index in [1.807, 2.05) is 51.1 Å². The maximum Gasteiger partial charge on any atom is 0.137 e. The van der Waals surface area contributed by atoms with Gasteiger partial charge in [-0.05, 0) is 42.7 Å². The highest BCUT2D eigenvalue weighted by molar-refractivity contribution is 6.30. The van der Waals surface area contributed by atoms with Crippen LogP contribution in [0.3, 0.4) is 0 Å². The Labute approximate surface area is 132 Å². The van der Waals surface area contributed by atoms with Crippen molar-refractivity contribution in [3.05, 3.63) is 58.9 Å². The summed E-state index contributed by atoms with van der Waals surface area (Å²) in [5, 5.41) is 0.730. The number of aryl methyl sites for hydroxylation is 1. The molecule has 4 heteroatoms. The lowest BCUT2D eigenvalue weighted by molar-refractivity contribution is 0.286. The van der Waals surface area contributed by atoms with E-state index in [4.69, 9.17) is 22.1 Å². The Morgan fingerprint density at radius 2 is 2.00 bits per heavy atom. The Kier molecular flexibility index (Phi) is 7.80. The van der Waals surface area contributed by atoms with E-state index in [0.29, 0.717) is 6.61 Å². The van der Waals surface area contributed by atoms with Crippen LogP contribution in [0.1, 0.15) is 25.0 Å². The number of benzene rings is 1. The smallest absolute Gasteiger partial charge is 0.137 e. The molecule has 0 aliphatic carbocycles. The summed E-state index contributed by atoms with van der Waals surface area (Å²) >= 11 is 5.94. The van der Waals surface area contributed by atoms with Gasteiger partial charge in [-0.2, -0.15) is 0 Å². The summed E-state index contributed by atoms with van der Waals surface area (Å²) in [5.74, 6) is 0.751. The Bertz CT molecular complexity index is 546. The number of rotatable bonds is 5. The molecule has 0 fully saturated rings. The van der Waals surface area contributed by atoms with Gasteiger partial charge in [-0.3, -0.25) is 4.98 Å². The molecule has 0 amide bonds. The number of nitrogens with two attached hydrogens (primary N) is 1. The molecule has 1 aromatic carbocycles. The molecule has 0 spiro atoms. The molecule has 1 heterocycles. The quantitative estimate of drug-likeness (QED) is 0.907. The van der Waals surface area contributed by atoms with Crippen LogP contribution in [-0.4, -0.2) is 17.6 Å². The average Bonchev–Trinajstić information content (AvgIpc) is 2.47. The van der Waals surface area contributed by atoms with Crippen LogP contribution < -0.4 is 10.5 Å². The molecule has 3 nitrogen and oxygen atoms in total. The normalized spacial score (nSPS) is 11.3. The van der Waals surface area contributed by atoms with Crippen molar-refractivity contribution in [2.45, 2.75) is 33.2 Å². The van der Waals surface area contributed by atoms with Crippen LogP contribution in [-0.2, 0) is 6.42 Å². The fourth-order valence-corrected chi connectivity index (χ4v) is 2.05. The number of aromatic nitrogens is 1. The zero-order valence-electron chi connectivity index (χ0n) is 12.8. The molecule has 2 N–H and O–H groups in total. The van der Waals surface area contributed by atoms with Crippen molar-refractivity contribution in [1.82, 2.24) is 4.98 Å². The number of nitrogens with zero attached hydrogens (tertiary/aromatic N) is 1. The van der Waals surface area contributed by atoms with Crippen molar-refractivity contribution >= 4 is 11.6 Å². The molecule has 1 aromatic heterocycles. The second-order valence-corrected chi connectivity index (χ2v) is 5.04. The van der Waals surface area contributed by atoms with Crippen molar-refractivity contribution in [2.24, 2.45) is 5.73 Å². The van der Waals surface area contributed by atoms with E-state index in [-0.39, 0.29) is 6.04 Å². The minimum atomic E-state index is -0.0704. The summed E-state index contributed by atoms with van der Waals surface area (Å²) in [4.78, 5) is 4.07. The fraction of sp³-hybridized carbons (Fsp3) is 0.353. The Hall–Kier alpha value is -1.58. The summed E-state index contributed by atoms with van der Waals surface area (Å²) in [6, 6.07) is 9.59. The van der Waals surface area contributed by atoms with Gasteiger partial charge in [-0.1, -0.05) is 37.6 Å². The fourth-order valence-electron chi connectivity index (χ4n) is 1.84. The van der Waals surface area contributed by atoms with Crippen molar-refractivity contribution < 1.29 is 4.74 Å². The Balaban J connectivity index is 0.00000106. The highest BCUT2D eigenvalue weighted by Gasteiger charge is 2.06. The van der Waals surface area contributed by atoms with Gasteiger partial charge in [0.25, 0.3) is 0 Å². The number of hydrogen-bond donors (Lipinski definition) is 1. The third-order valence-electron chi connectivity index (χ3n) is 2.70. The third kappa shape index (κ3) is 6.61. The molecule has 0 aliphatic rings. The summed E-state index contributed by atoms with van der Waals surface area (Å²) in [5.41, 5.74) is 8.24. The Morgan fingerprint density at radius 3 is 2.67 bits per heavy atom. The SMILES string of the molecule is CC.Cc1cncc(OCC(N)Cc2cccc(Cl)c2)c1. The van der Waals surface area contributed by atoms with Crippen LogP contribution in [0.15, 0.2) is 42.7 Å². The minimum Gasteiger partial charge on any atom is -0.490 e. The van der Waals surface area contributed by atoms with Gasteiger partial charge in [0.2, 0.25) is 0 Å². The molecule has 0 radical (unpaired) electrons. The molecular formula is C17H23ClN2O. The molecule has 2 rings (SSSR count). The summed E-state index contributed by atoms with van der Waals surface area (Å²) in [7, 11) is 0. The molecule has 1 unspecified atom stereocenters. The van der Waals surface area contributed by atoms with Gasteiger partial charge in [0.05, 0.1) is 6.20 Å². The summed E-state index contributed by atoms with van der Waals surface area (Å²) < 4.78 is 5.63. The molecule has 114 valence electrons. The first-order valence-corrected chi connectivity index (χ1v) is 7.56. The van der Waals surface area contributed by atoms with Gasteiger partial charge in [-0.15, -0.1) is 0 Å². The van der Waals surface area contributed by atoms with Crippen molar-refractivity contribution in [3.63, 3.8) is 0 Å². The largest absolute Gasteiger partial charge is 0.490 e. The van der Waals surface area contributed by atoms with Crippen molar-refractivity contribution in [1.29, 1.82) is 0 Å². The molecule has 1 atom stereocenters. The van der Waals surface area contributed by atoms with Crippen LogP contribution in [0.2, 0.25) is 5.02 Å². The van der Waals surface area contributed by atoms with E-state index in [0.717, 1.165) is 28.3 Å². The van der Waals surface area contributed by atoms with Gasteiger partial charge in [0.1, 0.15) is 12.4 Å². The van der Waals surface area contributed by atoms with E-state index in [1.165, 1.54) is 0 Å². The van der Waals surface area contributed by atoms with Crippen LogP contribution in [0, 0.1) is 6.92 Å². The monoisotopic (exact) mass is 306 g/mol. The van der Waals surface area contributed by atoms with Crippen LogP contribution in [0.4, 0.5) is 0 Å². The van der Waals surface area contributed by atoms with Crippen LogP contribution >= 0.6 is 11.6 Å². The molecule has 0 aliphatic heterocycles. The minimum absolute atomic E-state index is 0.0704. The van der Waals surface area contributed by atoms with Gasteiger partial charge in [0, 0.05) is 17.3 Å². The number of hydrogen-bond acceptors (Lipinski definition) is 3.